The van der Waals surface area contributed by atoms with Crippen LogP contribution in [0.3, 0.4) is 0 Å². The fourth-order valence-electron chi connectivity index (χ4n) is 22.4. The molecule has 0 radical (unpaired) electrons. The van der Waals surface area contributed by atoms with Crippen LogP contribution in [-0.4, -0.2) is 240 Å². The van der Waals surface area contributed by atoms with Crippen LogP contribution < -0.4 is 0 Å². The molecule has 12 fully saturated rings. The van der Waals surface area contributed by atoms with E-state index in [0.717, 1.165) is 232 Å². The van der Waals surface area contributed by atoms with Crippen molar-refractivity contribution in [2.24, 2.45) is 94.7 Å². The topological polar surface area (TPSA) is 73.8 Å². The molecule has 12 rings (SSSR count). The maximum Gasteiger partial charge on any atom is 0.0700 e. The van der Waals surface area contributed by atoms with Crippen LogP contribution in [0.1, 0.15) is 180 Å². The molecule has 8 bridgehead atoms. The number of rotatable bonds is 60. The predicted octanol–water partition coefficient (Wildman–Crippen LogP) is 21.3. The molecule has 0 N–H and O–H groups in total. The van der Waals surface area contributed by atoms with E-state index >= 15 is 0 Å². The molecule has 24 unspecified atom stereocenters. The average Bonchev–Trinajstić information content (AvgIpc) is 1.58. The van der Waals surface area contributed by atoms with Crippen molar-refractivity contribution >= 4 is 195 Å². The molecule has 0 aliphatic heterocycles. The van der Waals surface area contributed by atoms with E-state index in [1.54, 1.807) is 44.9 Å². The second kappa shape index (κ2) is 59.2. The highest BCUT2D eigenvalue weighted by Gasteiger charge is 2.60. The van der Waals surface area contributed by atoms with E-state index < -0.39 is 0 Å². The minimum atomic E-state index is 0.689. The molecule has 24 atom stereocenters. The first-order valence-electron chi connectivity index (χ1n) is 43.8. The molecule has 12 aliphatic rings. The normalized spacial score (nSPS) is 34.4. The zero-order chi connectivity index (χ0) is 75.6. The minimum Gasteiger partial charge on any atom is -0.378 e. The molecule has 12 aliphatic carbocycles. The van der Waals surface area contributed by atoms with Gasteiger partial charge < -0.3 is 37.9 Å². The van der Waals surface area contributed by atoms with Crippen LogP contribution in [0, 0.1) is 94.7 Å². The summed E-state index contributed by atoms with van der Waals surface area (Å²) in [5, 5.41) is 7.52. The molecule has 0 amide bonds. The molecule has 0 heterocycles. The van der Waals surface area contributed by atoms with Crippen LogP contribution in [-0.2, 0) is 37.9 Å². The summed E-state index contributed by atoms with van der Waals surface area (Å²) in [7, 11) is 0. The third-order valence-electron chi connectivity index (χ3n) is 26.8. The maximum absolute atomic E-state index is 5.74. The fourth-order valence-corrected chi connectivity index (χ4v) is 35.7. The number of thioether (sulfide) groups is 8. The van der Waals surface area contributed by atoms with E-state index in [1.165, 1.54) is 158 Å². The number of hydrogen-bond donors (Lipinski definition) is 8. The van der Waals surface area contributed by atoms with Gasteiger partial charge in [0.2, 0.25) is 0 Å². The first kappa shape index (κ1) is 97.1. The van der Waals surface area contributed by atoms with Crippen molar-refractivity contribution in [3.63, 3.8) is 0 Å². The lowest BCUT2D eigenvalue weighted by Gasteiger charge is -2.34. The van der Waals surface area contributed by atoms with Crippen LogP contribution in [0.4, 0.5) is 0 Å². The molecule has 0 spiro atoms. The van der Waals surface area contributed by atoms with Crippen molar-refractivity contribution in [2.45, 2.75) is 222 Å². The standard InChI is InChI=1S/2C22H40O4S4.2C20H36S4/c27-9-5-23-1-3-25-7-11-29-18-15-19-17-13-21(20(19)16-18)22(14-17)30-12-8-26-4-2-24-6-10-28;27-11-7-23-3-5-25-9-13-29-20-2-1-18-17-15-19(22(18)20)21(16-17)30-14-10-26-6-4-24-8-12-28;21-9-3-1-5-11-23-18-8-7-16-17-13-15(20(16)18)14-19(17)24-12-6-2-4-10-22;21-7-3-1-5-9-23-16-13-17-15-11-19(18(17)14-16)20(12-15)24-10-6-2-4-8-22/h2*17-22,27-28H,1-16H2;2*15-22H,1-14H2. The second-order valence-electron chi connectivity index (χ2n) is 33.2. The molecule has 0 aromatic rings. The van der Waals surface area contributed by atoms with E-state index in [1.807, 2.05) is 0 Å². The van der Waals surface area contributed by atoms with E-state index in [0.29, 0.717) is 79.3 Å². The highest BCUT2D eigenvalue weighted by atomic mass is 32.2. The summed E-state index contributed by atoms with van der Waals surface area (Å²) in [5.41, 5.74) is 0. The molecular formula is C84H152O8S16. The van der Waals surface area contributed by atoms with Crippen LogP contribution in [0.25, 0.3) is 0 Å². The lowest BCUT2D eigenvalue weighted by atomic mass is 9.81. The van der Waals surface area contributed by atoms with Gasteiger partial charge in [-0.15, -0.1) is 0 Å². The predicted molar refractivity (Wildman–Crippen MR) is 512 cm³/mol. The first-order valence-corrected chi connectivity index (χ1v) is 57.2. The fraction of sp³-hybridized carbons (Fsp3) is 1.00. The molecule has 108 heavy (non-hydrogen) atoms. The van der Waals surface area contributed by atoms with Gasteiger partial charge in [-0.3, -0.25) is 0 Å². The maximum atomic E-state index is 5.74. The number of thiol groups is 8. The van der Waals surface area contributed by atoms with Crippen LogP contribution in [0.2, 0.25) is 0 Å². The summed E-state index contributed by atoms with van der Waals surface area (Å²) in [5.74, 6) is 34.2. The average molecular weight is 1800 g/mol. The third-order valence-corrected chi connectivity index (χ3v) is 40.0. The third kappa shape index (κ3) is 32.8. The van der Waals surface area contributed by atoms with Gasteiger partial charge in [-0.2, -0.15) is 195 Å². The van der Waals surface area contributed by atoms with Crippen molar-refractivity contribution in [1.29, 1.82) is 0 Å². The molecule has 8 nitrogen and oxygen atoms in total. The van der Waals surface area contributed by atoms with E-state index in [4.69, 9.17) is 37.9 Å². The van der Waals surface area contributed by atoms with Crippen LogP contribution >= 0.6 is 195 Å². The Morgan fingerprint density at radius 2 is 0.472 bits per heavy atom. The molecule has 0 saturated heterocycles. The zero-order valence-electron chi connectivity index (χ0n) is 66.4. The Labute approximate surface area is 739 Å². The molecular weight excluding hydrogens is 1650 g/mol. The summed E-state index contributed by atoms with van der Waals surface area (Å²) in [6.45, 7) is 11.9. The van der Waals surface area contributed by atoms with Crippen molar-refractivity contribution in [3.8, 4) is 0 Å². The van der Waals surface area contributed by atoms with Gasteiger partial charge in [0.15, 0.2) is 0 Å². The monoisotopic (exact) mass is 1800 g/mol. The van der Waals surface area contributed by atoms with Crippen molar-refractivity contribution in [1.82, 2.24) is 0 Å². The highest BCUT2D eigenvalue weighted by Crippen LogP contribution is 2.67. The molecule has 24 heteroatoms. The second-order valence-corrected chi connectivity index (χ2v) is 47.7. The number of fused-ring (bicyclic) bond motifs is 20. The Hall–Kier alpha value is 5.28. The Kier molecular flexibility index (Phi) is 53.2. The smallest absolute Gasteiger partial charge is 0.0700 e. The Bertz CT molecular complexity index is 2220. The quantitative estimate of drug-likeness (QED) is 0.0220. The Balaban J connectivity index is 0.000000167. The summed E-state index contributed by atoms with van der Waals surface area (Å²) in [6, 6.07) is 0. The van der Waals surface area contributed by atoms with Gasteiger partial charge >= 0.3 is 0 Å². The van der Waals surface area contributed by atoms with Crippen molar-refractivity contribution in [2.75, 3.05) is 198 Å². The summed E-state index contributed by atoms with van der Waals surface area (Å²) >= 11 is 51.9. The minimum absolute atomic E-state index is 0.689. The SMILES string of the molecule is SCCCCCSC1CC2C3CC(SCCCCCS)C(C3)C2C1.SCCCCCSC1CC2CC1C1CCC(SCCCCCS)C21.SCCOCCOCCSC1CC2C3CC(SCCOCCOCCS)C(C3)C2C1.SCCOCCOCCSC1CC2CC1C1C(SCCOCCOCCS)CCC21. The van der Waals surface area contributed by atoms with Gasteiger partial charge in [0.1, 0.15) is 0 Å². The summed E-state index contributed by atoms with van der Waals surface area (Å²) in [6.07, 6.45) is 40.6. The summed E-state index contributed by atoms with van der Waals surface area (Å²) < 4.78 is 44.5. The Morgan fingerprint density at radius 3 is 0.889 bits per heavy atom. The molecule has 632 valence electrons. The Morgan fingerprint density at radius 1 is 0.185 bits per heavy atom. The lowest BCUT2D eigenvalue weighted by Crippen LogP contribution is -2.31. The van der Waals surface area contributed by atoms with Gasteiger partial charge in [0.25, 0.3) is 0 Å². The highest BCUT2D eigenvalue weighted by molar-refractivity contribution is 8.01. The molecule has 0 aromatic carbocycles. The van der Waals surface area contributed by atoms with Gasteiger partial charge in [-0.05, 0) is 295 Å². The molecule has 12 saturated carbocycles. The van der Waals surface area contributed by atoms with E-state index in [2.05, 4.69) is 195 Å². The van der Waals surface area contributed by atoms with E-state index in [-0.39, 0.29) is 0 Å². The van der Waals surface area contributed by atoms with Gasteiger partial charge in [-0.1, -0.05) is 25.7 Å². The van der Waals surface area contributed by atoms with Gasteiger partial charge in [0, 0.05) is 88.0 Å². The molecule has 0 aromatic heterocycles. The van der Waals surface area contributed by atoms with Crippen LogP contribution in [0.5, 0.6) is 0 Å². The van der Waals surface area contributed by atoms with E-state index in [9.17, 15) is 0 Å². The lowest BCUT2D eigenvalue weighted by molar-refractivity contribution is 0.0605. The van der Waals surface area contributed by atoms with Gasteiger partial charge in [-0.25, -0.2) is 0 Å². The number of ether oxygens (including phenoxy) is 8. The van der Waals surface area contributed by atoms with Gasteiger partial charge in [0.05, 0.1) is 106 Å². The largest absolute Gasteiger partial charge is 0.378 e. The summed E-state index contributed by atoms with van der Waals surface area (Å²) in [4.78, 5) is 0. The zero-order valence-corrected chi connectivity index (χ0v) is 80.1. The van der Waals surface area contributed by atoms with Crippen LogP contribution in [0.15, 0.2) is 0 Å². The van der Waals surface area contributed by atoms with Crippen molar-refractivity contribution < 1.29 is 37.9 Å². The number of hydrogen-bond acceptors (Lipinski definition) is 24. The number of unbranched alkanes of at least 4 members (excludes halogenated alkanes) is 8. The first-order chi connectivity index (χ1) is 53.4. The van der Waals surface area contributed by atoms with Crippen molar-refractivity contribution in [3.05, 3.63) is 0 Å².